The van der Waals surface area contributed by atoms with Gasteiger partial charge in [-0.05, 0) is 30.5 Å². The van der Waals surface area contributed by atoms with Gasteiger partial charge in [-0.25, -0.2) is 0 Å². The van der Waals surface area contributed by atoms with E-state index in [1.807, 2.05) is 18.2 Å². The Balaban J connectivity index is 2.11. The first-order chi connectivity index (χ1) is 9.45. The molecule has 1 aliphatic rings. The van der Waals surface area contributed by atoms with E-state index in [0.29, 0.717) is 5.02 Å². The SMILES string of the molecule is CN(C)C(=O)CNC(=O)C1(c2cccc(Cl)c2)CCC1. The summed E-state index contributed by atoms with van der Waals surface area (Å²) >= 11 is 6.01. The van der Waals surface area contributed by atoms with Gasteiger partial charge in [0.1, 0.15) is 0 Å². The highest BCUT2D eigenvalue weighted by atomic mass is 35.5. The number of nitrogens with zero attached hydrogens (tertiary/aromatic N) is 1. The lowest BCUT2D eigenvalue weighted by Crippen LogP contribution is -2.51. The molecular formula is C15H19ClN2O2. The average molecular weight is 295 g/mol. The number of carbonyl (C=O) groups excluding carboxylic acids is 2. The molecule has 5 heteroatoms. The van der Waals surface area contributed by atoms with Gasteiger partial charge in [-0.2, -0.15) is 0 Å². The molecule has 1 saturated carbocycles. The number of halogens is 1. The van der Waals surface area contributed by atoms with Crippen LogP contribution in [-0.4, -0.2) is 37.4 Å². The summed E-state index contributed by atoms with van der Waals surface area (Å²) in [7, 11) is 3.34. The first-order valence-corrected chi connectivity index (χ1v) is 7.08. The van der Waals surface area contributed by atoms with Crippen LogP contribution in [0, 0.1) is 0 Å². The Morgan fingerprint density at radius 1 is 1.35 bits per heavy atom. The minimum atomic E-state index is -0.516. The molecular weight excluding hydrogens is 276 g/mol. The standard InChI is InChI=1S/C15H19ClN2O2/c1-18(2)13(19)10-17-14(20)15(7-4-8-15)11-5-3-6-12(16)9-11/h3,5-6,9H,4,7-8,10H2,1-2H3,(H,17,20). The fourth-order valence-electron chi connectivity index (χ4n) is 2.45. The molecule has 1 fully saturated rings. The second-order valence-corrected chi connectivity index (χ2v) is 5.85. The Morgan fingerprint density at radius 2 is 2.05 bits per heavy atom. The van der Waals surface area contributed by atoms with Crippen molar-refractivity contribution in [3.8, 4) is 0 Å². The van der Waals surface area contributed by atoms with Crippen molar-refractivity contribution < 1.29 is 9.59 Å². The number of rotatable bonds is 4. The molecule has 0 atom stereocenters. The van der Waals surface area contributed by atoms with E-state index in [9.17, 15) is 9.59 Å². The van der Waals surface area contributed by atoms with Gasteiger partial charge < -0.3 is 10.2 Å². The van der Waals surface area contributed by atoms with E-state index in [1.54, 1.807) is 20.2 Å². The van der Waals surface area contributed by atoms with Crippen LogP contribution in [0.25, 0.3) is 0 Å². The van der Waals surface area contributed by atoms with Crippen LogP contribution in [0.1, 0.15) is 24.8 Å². The smallest absolute Gasteiger partial charge is 0.241 e. The van der Waals surface area contributed by atoms with Gasteiger partial charge in [0.25, 0.3) is 0 Å². The molecule has 0 unspecified atom stereocenters. The van der Waals surface area contributed by atoms with E-state index < -0.39 is 5.41 Å². The monoisotopic (exact) mass is 294 g/mol. The molecule has 1 aromatic carbocycles. The molecule has 0 aliphatic heterocycles. The summed E-state index contributed by atoms with van der Waals surface area (Å²) in [5, 5.41) is 3.38. The molecule has 0 heterocycles. The predicted molar refractivity (Wildman–Crippen MR) is 78.7 cm³/mol. The van der Waals surface area contributed by atoms with Crippen molar-refractivity contribution in [3.05, 3.63) is 34.9 Å². The van der Waals surface area contributed by atoms with Crippen molar-refractivity contribution in [2.75, 3.05) is 20.6 Å². The van der Waals surface area contributed by atoms with Gasteiger partial charge in [-0.1, -0.05) is 30.2 Å². The van der Waals surface area contributed by atoms with Crippen molar-refractivity contribution in [1.29, 1.82) is 0 Å². The van der Waals surface area contributed by atoms with Gasteiger partial charge in [0.05, 0.1) is 12.0 Å². The highest BCUT2D eigenvalue weighted by molar-refractivity contribution is 6.30. The predicted octanol–water partition coefficient (Wildman–Crippen LogP) is 1.97. The van der Waals surface area contributed by atoms with Crippen LogP contribution < -0.4 is 5.32 Å². The zero-order chi connectivity index (χ0) is 14.8. The van der Waals surface area contributed by atoms with Gasteiger partial charge in [-0.3, -0.25) is 9.59 Å². The molecule has 0 spiro atoms. The maximum atomic E-state index is 12.5. The molecule has 2 rings (SSSR count). The lowest BCUT2D eigenvalue weighted by molar-refractivity contribution is -0.134. The molecule has 0 radical (unpaired) electrons. The second-order valence-electron chi connectivity index (χ2n) is 5.42. The molecule has 4 nitrogen and oxygen atoms in total. The van der Waals surface area contributed by atoms with Crippen LogP contribution in [0.2, 0.25) is 5.02 Å². The summed E-state index contributed by atoms with van der Waals surface area (Å²) in [6.07, 6.45) is 2.62. The highest BCUT2D eigenvalue weighted by Gasteiger charge is 2.45. The van der Waals surface area contributed by atoms with E-state index in [4.69, 9.17) is 11.6 Å². The highest BCUT2D eigenvalue weighted by Crippen LogP contribution is 2.44. The van der Waals surface area contributed by atoms with Crippen LogP contribution in [0.15, 0.2) is 24.3 Å². The van der Waals surface area contributed by atoms with Crippen molar-refractivity contribution in [2.45, 2.75) is 24.7 Å². The number of nitrogens with one attached hydrogen (secondary N) is 1. The van der Waals surface area contributed by atoms with E-state index in [0.717, 1.165) is 24.8 Å². The van der Waals surface area contributed by atoms with Crippen molar-refractivity contribution in [3.63, 3.8) is 0 Å². The van der Waals surface area contributed by atoms with Gasteiger partial charge in [0.2, 0.25) is 11.8 Å². The van der Waals surface area contributed by atoms with E-state index in [1.165, 1.54) is 4.90 Å². The second kappa shape index (κ2) is 5.83. The number of carbonyl (C=O) groups is 2. The minimum absolute atomic E-state index is 0.0359. The molecule has 0 bridgehead atoms. The molecule has 2 amide bonds. The molecule has 108 valence electrons. The summed E-state index contributed by atoms with van der Waals surface area (Å²) < 4.78 is 0. The van der Waals surface area contributed by atoms with Crippen LogP contribution in [-0.2, 0) is 15.0 Å². The van der Waals surface area contributed by atoms with E-state index >= 15 is 0 Å². The normalized spacial score (nSPS) is 16.1. The van der Waals surface area contributed by atoms with Crippen LogP contribution in [0.4, 0.5) is 0 Å². The lowest BCUT2D eigenvalue weighted by Gasteiger charge is -2.40. The summed E-state index contributed by atoms with van der Waals surface area (Å²) in [4.78, 5) is 25.5. The van der Waals surface area contributed by atoms with Crippen LogP contribution in [0.5, 0.6) is 0 Å². The summed E-state index contributed by atoms with van der Waals surface area (Å²) in [6.45, 7) is 0.0359. The number of hydrogen-bond acceptors (Lipinski definition) is 2. The van der Waals surface area contributed by atoms with Crippen molar-refractivity contribution in [1.82, 2.24) is 10.2 Å². The third-order valence-electron chi connectivity index (χ3n) is 3.92. The Morgan fingerprint density at radius 3 is 2.55 bits per heavy atom. The quantitative estimate of drug-likeness (QED) is 0.923. The molecule has 1 N–H and O–H groups in total. The zero-order valence-electron chi connectivity index (χ0n) is 11.8. The fourth-order valence-corrected chi connectivity index (χ4v) is 2.64. The third kappa shape index (κ3) is 2.80. The number of likely N-dealkylation sites (N-methyl/N-ethyl adjacent to an activating group) is 1. The first kappa shape index (κ1) is 14.9. The van der Waals surface area contributed by atoms with Gasteiger partial charge in [-0.15, -0.1) is 0 Å². The van der Waals surface area contributed by atoms with Gasteiger partial charge in [0.15, 0.2) is 0 Å². The fraction of sp³-hybridized carbons (Fsp3) is 0.467. The third-order valence-corrected chi connectivity index (χ3v) is 4.15. The van der Waals surface area contributed by atoms with Crippen molar-refractivity contribution in [2.24, 2.45) is 0 Å². The van der Waals surface area contributed by atoms with Crippen LogP contribution in [0.3, 0.4) is 0 Å². The van der Waals surface area contributed by atoms with Gasteiger partial charge >= 0.3 is 0 Å². The lowest BCUT2D eigenvalue weighted by atomic mass is 9.64. The Kier molecular flexibility index (Phi) is 4.33. The van der Waals surface area contributed by atoms with Gasteiger partial charge in [0, 0.05) is 19.1 Å². The maximum absolute atomic E-state index is 12.5. The number of amides is 2. The molecule has 20 heavy (non-hydrogen) atoms. The topological polar surface area (TPSA) is 49.4 Å². The summed E-state index contributed by atoms with van der Waals surface area (Å²) in [6, 6.07) is 7.42. The Labute approximate surface area is 124 Å². The Hall–Kier alpha value is -1.55. The Bertz CT molecular complexity index is 524. The molecule has 0 saturated heterocycles. The number of benzene rings is 1. The van der Waals surface area contributed by atoms with Crippen LogP contribution >= 0.6 is 11.6 Å². The molecule has 1 aliphatic carbocycles. The van der Waals surface area contributed by atoms with Crippen molar-refractivity contribution >= 4 is 23.4 Å². The largest absolute Gasteiger partial charge is 0.347 e. The molecule has 1 aromatic rings. The van der Waals surface area contributed by atoms with E-state index in [2.05, 4.69) is 5.32 Å². The maximum Gasteiger partial charge on any atom is 0.241 e. The summed E-state index contributed by atoms with van der Waals surface area (Å²) in [5.41, 5.74) is 0.420. The van der Waals surface area contributed by atoms with E-state index in [-0.39, 0.29) is 18.4 Å². The average Bonchev–Trinajstić information content (AvgIpc) is 2.34. The molecule has 0 aromatic heterocycles. The minimum Gasteiger partial charge on any atom is -0.347 e. The summed E-state index contributed by atoms with van der Waals surface area (Å²) in [5.74, 6) is -0.194. The number of hydrogen-bond donors (Lipinski definition) is 1. The zero-order valence-corrected chi connectivity index (χ0v) is 12.5. The first-order valence-electron chi connectivity index (χ1n) is 6.70.